The van der Waals surface area contributed by atoms with Crippen molar-refractivity contribution in [1.82, 2.24) is 0 Å². The molecule has 188 valence electrons. The fraction of sp³-hybridized carbons (Fsp3) is 0.929. The SMILES string of the molecule is CCCCCCCCCCCCCCCOC(=O)C1CCCCC1C(=O)OCCCCC. The molecule has 1 aliphatic carbocycles. The molecule has 0 amide bonds. The van der Waals surface area contributed by atoms with Crippen LogP contribution in [0.5, 0.6) is 0 Å². The Labute approximate surface area is 198 Å². The molecule has 4 nitrogen and oxygen atoms in total. The molecule has 1 saturated carbocycles. The normalized spacial score (nSPS) is 18.4. The highest BCUT2D eigenvalue weighted by molar-refractivity contribution is 5.82. The molecule has 0 spiro atoms. The highest BCUT2D eigenvalue weighted by atomic mass is 16.5. The van der Waals surface area contributed by atoms with Gasteiger partial charge >= 0.3 is 11.9 Å². The molecule has 2 atom stereocenters. The number of hydrogen-bond donors (Lipinski definition) is 0. The van der Waals surface area contributed by atoms with Crippen molar-refractivity contribution < 1.29 is 19.1 Å². The number of carbonyl (C=O) groups excluding carboxylic acids is 2. The third-order valence-corrected chi connectivity index (χ3v) is 6.86. The van der Waals surface area contributed by atoms with Gasteiger partial charge in [-0.2, -0.15) is 0 Å². The molecule has 0 aromatic carbocycles. The molecule has 32 heavy (non-hydrogen) atoms. The highest BCUT2D eigenvalue weighted by Crippen LogP contribution is 2.32. The molecule has 1 aliphatic rings. The van der Waals surface area contributed by atoms with Crippen LogP contribution in [0, 0.1) is 11.8 Å². The summed E-state index contributed by atoms with van der Waals surface area (Å²) in [5.74, 6) is -0.975. The average Bonchev–Trinajstić information content (AvgIpc) is 2.81. The molecule has 0 aromatic heterocycles. The summed E-state index contributed by atoms with van der Waals surface area (Å²) >= 11 is 0. The van der Waals surface area contributed by atoms with Crippen LogP contribution in [0.4, 0.5) is 0 Å². The van der Waals surface area contributed by atoms with E-state index in [0.29, 0.717) is 13.2 Å². The second-order valence-corrected chi connectivity index (χ2v) is 9.78. The van der Waals surface area contributed by atoms with Gasteiger partial charge in [-0.25, -0.2) is 0 Å². The predicted octanol–water partition coefficient (Wildman–Crippen LogP) is 8.16. The van der Waals surface area contributed by atoms with Gasteiger partial charge in [-0.15, -0.1) is 0 Å². The van der Waals surface area contributed by atoms with E-state index in [-0.39, 0.29) is 23.8 Å². The van der Waals surface area contributed by atoms with Gasteiger partial charge < -0.3 is 9.47 Å². The van der Waals surface area contributed by atoms with Crippen LogP contribution in [0.2, 0.25) is 0 Å². The van der Waals surface area contributed by atoms with E-state index in [9.17, 15) is 9.59 Å². The van der Waals surface area contributed by atoms with Crippen molar-refractivity contribution in [2.45, 2.75) is 142 Å². The maximum Gasteiger partial charge on any atom is 0.309 e. The zero-order valence-electron chi connectivity index (χ0n) is 21.3. The third kappa shape index (κ3) is 14.2. The largest absolute Gasteiger partial charge is 0.465 e. The van der Waals surface area contributed by atoms with Crippen molar-refractivity contribution in [2.24, 2.45) is 11.8 Å². The van der Waals surface area contributed by atoms with Crippen molar-refractivity contribution in [3.8, 4) is 0 Å². The Bertz CT molecular complexity index is 462. The molecule has 0 N–H and O–H groups in total. The molecule has 4 heteroatoms. The number of carbonyl (C=O) groups is 2. The van der Waals surface area contributed by atoms with E-state index < -0.39 is 0 Å². The second-order valence-electron chi connectivity index (χ2n) is 9.78. The first-order valence-electron chi connectivity index (χ1n) is 14.0. The fourth-order valence-electron chi connectivity index (χ4n) is 4.73. The molecule has 0 aliphatic heterocycles. The summed E-state index contributed by atoms with van der Waals surface area (Å²) in [6.45, 7) is 5.37. The molecular weight excluding hydrogens is 400 g/mol. The summed E-state index contributed by atoms with van der Waals surface area (Å²) in [5, 5.41) is 0. The molecule has 0 radical (unpaired) electrons. The molecule has 1 fully saturated rings. The number of rotatable bonds is 20. The zero-order valence-corrected chi connectivity index (χ0v) is 21.3. The summed E-state index contributed by atoms with van der Waals surface area (Å²) in [6, 6.07) is 0. The lowest BCUT2D eigenvalue weighted by Gasteiger charge is -2.28. The van der Waals surface area contributed by atoms with Crippen LogP contribution in [0.15, 0.2) is 0 Å². The van der Waals surface area contributed by atoms with Gasteiger partial charge in [0.1, 0.15) is 0 Å². The summed E-state index contributed by atoms with van der Waals surface area (Å²) < 4.78 is 11.0. The Morgan fingerprint density at radius 3 is 1.25 bits per heavy atom. The first kappa shape index (κ1) is 29.0. The molecule has 0 heterocycles. The minimum absolute atomic E-state index is 0.181. The lowest BCUT2D eigenvalue weighted by Crippen LogP contribution is -2.35. The van der Waals surface area contributed by atoms with Gasteiger partial charge in [0.2, 0.25) is 0 Å². The molecular formula is C28H52O4. The van der Waals surface area contributed by atoms with Gasteiger partial charge in [-0.1, -0.05) is 117 Å². The number of esters is 2. The quantitative estimate of drug-likeness (QED) is 0.138. The van der Waals surface area contributed by atoms with Crippen molar-refractivity contribution in [3.05, 3.63) is 0 Å². The number of ether oxygens (including phenoxy) is 2. The van der Waals surface area contributed by atoms with E-state index >= 15 is 0 Å². The Morgan fingerprint density at radius 2 is 0.844 bits per heavy atom. The summed E-state index contributed by atoms with van der Waals surface area (Å²) in [6.07, 6.45) is 23.6. The van der Waals surface area contributed by atoms with Gasteiger partial charge in [0.05, 0.1) is 25.0 Å². The van der Waals surface area contributed by atoms with Crippen molar-refractivity contribution >= 4 is 11.9 Å². The third-order valence-electron chi connectivity index (χ3n) is 6.86. The van der Waals surface area contributed by atoms with E-state index in [1.54, 1.807) is 0 Å². The van der Waals surface area contributed by atoms with Crippen molar-refractivity contribution in [1.29, 1.82) is 0 Å². The first-order chi connectivity index (χ1) is 15.7. The Morgan fingerprint density at radius 1 is 0.531 bits per heavy atom. The van der Waals surface area contributed by atoms with Crippen LogP contribution < -0.4 is 0 Å². The van der Waals surface area contributed by atoms with E-state index in [0.717, 1.165) is 57.8 Å². The van der Waals surface area contributed by atoms with Crippen LogP contribution in [0.3, 0.4) is 0 Å². The molecule has 0 bridgehead atoms. The van der Waals surface area contributed by atoms with Crippen LogP contribution in [0.1, 0.15) is 142 Å². The van der Waals surface area contributed by atoms with Gasteiger partial charge in [0, 0.05) is 0 Å². The topological polar surface area (TPSA) is 52.6 Å². The number of unbranched alkanes of at least 4 members (excludes halogenated alkanes) is 14. The van der Waals surface area contributed by atoms with E-state index in [1.165, 1.54) is 70.6 Å². The van der Waals surface area contributed by atoms with Gasteiger partial charge in [0.15, 0.2) is 0 Å². The Balaban J connectivity index is 2.04. The monoisotopic (exact) mass is 452 g/mol. The van der Waals surface area contributed by atoms with Crippen LogP contribution in [0.25, 0.3) is 0 Å². The van der Waals surface area contributed by atoms with E-state index in [4.69, 9.17) is 9.47 Å². The van der Waals surface area contributed by atoms with E-state index in [1.807, 2.05) is 0 Å². The van der Waals surface area contributed by atoms with E-state index in [2.05, 4.69) is 13.8 Å². The summed E-state index contributed by atoms with van der Waals surface area (Å²) in [4.78, 5) is 25.0. The molecule has 0 aromatic rings. The highest BCUT2D eigenvalue weighted by Gasteiger charge is 2.37. The maximum atomic E-state index is 12.6. The Kier molecular flexibility index (Phi) is 18.6. The minimum atomic E-state index is -0.301. The van der Waals surface area contributed by atoms with Gasteiger partial charge in [-0.05, 0) is 25.7 Å². The molecule has 2 unspecified atom stereocenters. The fourth-order valence-corrected chi connectivity index (χ4v) is 4.73. The van der Waals surface area contributed by atoms with Crippen LogP contribution >= 0.6 is 0 Å². The smallest absolute Gasteiger partial charge is 0.309 e. The first-order valence-corrected chi connectivity index (χ1v) is 14.0. The van der Waals surface area contributed by atoms with Crippen LogP contribution in [-0.4, -0.2) is 25.2 Å². The maximum absolute atomic E-state index is 12.6. The predicted molar refractivity (Wildman–Crippen MR) is 133 cm³/mol. The Hall–Kier alpha value is -1.06. The van der Waals surface area contributed by atoms with Gasteiger partial charge in [0.25, 0.3) is 0 Å². The van der Waals surface area contributed by atoms with Crippen molar-refractivity contribution in [3.63, 3.8) is 0 Å². The standard InChI is InChI=1S/C28H52O4/c1-3-5-7-8-9-10-11-12-13-14-15-16-20-24-32-28(30)26-22-18-17-21-25(26)27(29)31-23-19-6-4-2/h25-26H,3-24H2,1-2H3. The minimum Gasteiger partial charge on any atom is -0.465 e. The second kappa shape index (κ2) is 20.5. The summed E-state index contributed by atoms with van der Waals surface area (Å²) in [7, 11) is 0. The molecule has 0 saturated heterocycles. The summed E-state index contributed by atoms with van der Waals surface area (Å²) in [5.41, 5.74) is 0. The lowest BCUT2D eigenvalue weighted by atomic mass is 9.79. The zero-order chi connectivity index (χ0) is 23.3. The molecule has 1 rings (SSSR count). The van der Waals surface area contributed by atoms with Crippen LogP contribution in [-0.2, 0) is 19.1 Å². The number of hydrogen-bond acceptors (Lipinski definition) is 4. The van der Waals surface area contributed by atoms with Crippen molar-refractivity contribution in [2.75, 3.05) is 13.2 Å². The lowest BCUT2D eigenvalue weighted by molar-refractivity contribution is -0.163. The average molecular weight is 453 g/mol. The van der Waals surface area contributed by atoms with Gasteiger partial charge in [-0.3, -0.25) is 9.59 Å².